The molecule has 2 aromatic rings. The Balaban J connectivity index is 1.77. The molecule has 0 bridgehead atoms. The zero-order valence-corrected chi connectivity index (χ0v) is 16.7. The molecule has 1 aliphatic rings. The third-order valence-electron chi connectivity index (χ3n) is 5.58. The Hall–Kier alpha value is -1.84. The number of nitrogens with one attached hydrogen (secondary N) is 1. The molecular formula is C23H28ClNO2. The second-order valence-corrected chi connectivity index (χ2v) is 7.81. The average molecular weight is 386 g/mol. The molecule has 1 atom stereocenters. The van der Waals surface area contributed by atoms with Gasteiger partial charge in [-0.3, -0.25) is 4.79 Å². The molecule has 1 heterocycles. The van der Waals surface area contributed by atoms with Crippen molar-refractivity contribution in [3.63, 3.8) is 0 Å². The molecule has 1 amide bonds. The molecule has 2 aromatic carbocycles. The van der Waals surface area contributed by atoms with Gasteiger partial charge in [0.15, 0.2) is 0 Å². The topological polar surface area (TPSA) is 38.3 Å². The summed E-state index contributed by atoms with van der Waals surface area (Å²) in [5, 5.41) is 3.99. The number of carbonyl (C=O) groups excluding carboxylic acids is 1. The molecule has 1 N–H and O–H groups in total. The van der Waals surface area contributed by atoms with Crippen LogP contribution in [0, 0.1) is 0 Å². The molecule has 3 nitrogen and oxygen atoms in total. The maximum absolute atomic E-state index is 13.0. The van der Waals surface area contributed by atoms with Crippen molar-refractivity contribution in [3.05, 3.63) is 70.7 Å². The molecule has 0 radical (unpaired) electrons. The fourth-order valence-electron chi connectivity index (χ4n) is 3.95. The van der Waals surface area contributed by atoms with Gasteiger partial charge in [0.1, 0.15) is 0 Å². The molecule has 1 aliphatic heterocycles. The Morgan fingerprint density at radius 3 is 2.56 bits per heavy atom. The van der Waals surface area contributed by atoms with E-state index in [-0.39, 0.29) is 17.2 Å². The number of carbonyl (C=O) groups is 1. The number of ether oxygens (including phenoxy) is 1. The van der Waals surface area contributed by atoms with Gasteiger partial charge in [-0.05, 0) is 42.5 Å². The van der Waals surface area contributed by atoms with Crippen LogP contribution in [0.4, 0.5) is 0 Å². The summed E-state index contributed by atoms with van der Waals surface area (Å²) in [5.41, 5.74) is 2.15. The van der Waals surface area contributed by atoms with Gasteiger partial charge in [-0.1, -0.05) is 67.4 Å². The molecule has 3 rings (SSSR count). The van der Waals surface area contributed by atoms with E-state index in [1.165, 1.54) is 5.56 Å². The zero-order valence-electron chi connectivity index (χ0n) is 15.9. The van der Waals surface area contributed by atoms with Crippen molar-refractivity contribution in [3.8, 4) is 0 Å². The van der Waals surface area contributed by atoms with Crippen LogP contribution in [0.15, 0.2) is 54.6 Å². The van der Waals surface area contributed by atoms with Crippen molar-refractivity contribution < 1.29 is 9.53 Å². The van der Waals surface area contributed by atoms with Gasteiger partial charge in [-0.2, -0.15) is 0 Å². The van der Waals surface area contributed by atoms with Gasteiger partial charge in [0.25, 0.3) is 0 Å². The molecule has 1 unspecified atom stereocenters. The van der Waals surface area contributed by atoms with Crippen LogP contribution in [0.5, 0.6) is 0 Å². The maximum atomic E-state index is 13.0. The predicted molar refractivity (Wildman–Crippen MR) is 110 cm³/mol. The highest BCUT2D eigenvalue weighted by Gasteiger charge is 2.35. The molecular weight excluding hydrogens is 358 g/mol. The molecule has 0 spiro atoms. The zero-order chi connectivity index (χ0) is 19.1. The summed E-state index contributed by atoms with van der Waals surface area (Å²) in [6.45, 7) is 4.15. The highest BCUT2D eigenvalue weighted by atomic mass is 35.5. The lowest BCUT2D eigenvalue weighted by atomic mass is 9.74. The number of rotatable bonds is 7. The van der Waals surface area contributed by atoms with Crippen molar-refractivity contribution in [2.24, 2.45) is 0 Å². The minimum atomic E-state index is -0.119. The Labute approximate surface area is 167 Å². The van der Waals surface area contributed by atoms with Crippen molar-refractivity contribution in [1.29, 1.82) is 0 Å². The number of amides is 1. The van der Waals surface area contributed by atoms with Crippen LogP contribution < -0.4 is 5.32 Å². The lowest BCUT2D eigenvalue weighted by Crippen LogP contribution is -2.45. The molecule has 0 aromatic heterocycles. The first kappa shape index (κ1) is 19.9. The summed E-state index contributed by atoms with van der Waals surface area (Å²) in [6.07, 6.45) is 3.60. The summed E-state index contributed by atoms with van der Waals surface area (Å²) in [7, 11) is 0. The van der Waals surface area contributed by atoms with Gasteiger partial charge in [-0.15, -0.1) is 0 Å². The van der Waals surface area contributed by atoms with Crippen LogP contribution >= 0.6 is 11.6 Å². The summed E-state index contributed by atoms with van der Waals surface area (Å²) in [4.78, 5) is 13.0. The smallest absolute Gasteiger partial charge is 0.227 e. The molecule has 0 aliphatic carbocycles. The van der Waals surface area contributed by atoms with Gasteiger partial charge < -0.3 is 10.1 Å². The van der Waals surface area contributed by atoms with Crippen LogP contribution in [0.2, 0.25) is 5.02 Å². The van der Waals surface area contributed by atoms with Crippen molar-refractivity contribution in [1.82, 2.24) is 5.32 Å². The Morgan fingerprint density at radius 2 is 1.89 bits per heavy atom. The van der Waals surface area contributed by atoms with E-state index in [1.807, 2.05) is 48.5 Å². The summed E-state index contributed by atoms with van der Waals surface area (Å²) >= 11 is 6.24. The largest absolute Gasteiger partial charge is 0.381 e. The highest BCUT2D eigenvalue weighted by Crippen LogP contribution is 2.35. The first-order valence-electron chi connectivity index (χ1n) is 9.81. The maximum Gasteiger partial charge on any atom is 0.227 e. The molecule has 27 heavy (non-hydrogen) atoms. The van der Waals surface area contributed by atoms with E-state index in [1.54, 1.807) is 0 Å². The first-order valence-corrected chi connectivity index (χ1v) is 10.2. The van der Waals surface area contributed by atoms with E-state index in [0.29, 0.717) is 19.8 Å². The standard InChI is InChI=1S/C23H28ClNO2/c1-2-7-21(18-8-4-3-5-9-18)22(26)25-17-23(12-14-27-15-13-23)19-10-6-11-20(24)16-19/h3-6,8-11,16,21H,2,7,12-15,17H2,1H3,(H,25,26). The quantitative estimate of drug-likeness (QED) is 0.721. The van der Waals surface area contributed by atoms with Gasteiger partial charge in [0, 0.05) is 30.2 Å². The van der Waals surface area contributed by atoms with Crippen molar-refractivity contribution in [2.75, 3.05) is 19.8 Å². The third-order valence-corrected chi connectivity index (χ3v) is 5.82. The average Bonchev–Trinajstić information content (AvgIpc) is 2.71. The lowest BCUT2D eigenvalue weighted by molar-refractivity contribution is -0.123. The van der Waals surface area contributed by atoms with Crippen LogP contribution in [-0.2, 0) is 14.9 Å². The predicted octanol–water partition coefficient (Wildman–Crippen LogP) is 5.09. The van der Waals surface area contributed by atoms with E-state index in [4.69, 9.17) is 16.3 Å². The second-order valence-electron chi connectivity index (χ2n) is 7.37. The molecule has 144 valence electrons. The highest BCUT2D eigenvalue weighted by molar-refractivity contribution is 6.30. The van der Waals surface area contributed by atoms with Crippen LogP contribution in [0.25, 0.3) is 0 Å². The molecule has 1 fully saturated rings. The minimum absolute atomic E-state index is 0.104. The molecule has 4 heteroatoms. The number of benzene rings is 2. The summed E-state index contributed by atoms with van der Waals surface area (Å²) in [5.74, 6) is 0.00315. The SMILES string of the molecule is CCCC(C(=O)NCC1(c2cccc(Cl)c2)CCOCC1)c1ccccc1. The lowest BCUT2D eigenvalue weighted by Gasteiger charge is -2.38. The van der Waals surface area contributed by atoms with E-state index >= 15 is 0 Å². The number of halogens is 1. The Bertz CT molecular complexity index is 741. The van der Waals surface area contributed by atoms with E-state index < -0.39 is 0 Å². The van der Waals surface area contributed by atoms with Gasteiger partial charge >= 0.3 is 0 Å². The molecule has 0 saturated carbocycles. The normalized spacial score (nSPS) is 17.3. The number of hydrogen-bond acceptors (Lipinski definition) is 2. The monoisotopic (exact) mass is 385 g/mol. The van der Waals surface area contributed by atoms with E-state index in [9.17, 15) is 4.79 Å². The fourth-order valence-corrected chi connectivity index (χ4v) is 4.14. The van der Waals surface area contributed by atoms with E-state index in [0.717, 1.165) is 36.3 Å². The van der Waals surface area contributed by atoms with Gasteiger partial charge in [0.2, 0.25) is 5.91 Å². The van der Waals surface area contributed by atoms with Gasteiger partial charge in [-0.25, -0.2) is 0 Å². The fraction of sp³-hybridized carbons (Fsp3) is 0.435. The van der Waals surface area contributed by atoms with Gasteiger partial charge in [0.05, 0.1) is 5.92 Å². The van der Waals surface area contributed by atoms with Crippen molar-refractivity contribution in [2.45, 2.75) is 43.9 Å². The van der Waals surface area contributed by atoms with Crippen molar-refractivity contribution >= 4 is 17.5 Å². The number of hydrogen-bond donors (Lipinski definition) is 1. The summed E-state index contributed by atoms with van der Waals surface area (Å²) in [6, 6.07) is 18.1. The minimum Gasteiger partial charge on any atom is -0.381 e. The molecule has 1 saturated heterocycles. The van der Waals surface area contributed by atoms with Crippen LogP contribution in [0.1, 0.15) is 49.7 Å². The van der Waals surface area contributed by atoms with Crippen LogP contribution in [-0.4, -0.2) is 25.7 Å². The first-order chi connectivity index (χ1) is 13.1. The Morgan fingerprint density at radius 1 is 1.15 bits per heavy atom. The van der Waals surface area contributed by atoms with E-state index in [2.05, 4.69) is 18.3 Å². The van der Waals surface area contributed by atoms with Crippen LogP contribution in [0.3, 0.4) is 0 Å². The Kier molecular flexibility index (Phi) is 6.92. The third kappa shape index (κ3) is 4.91. The second kappa shape index (κ2) is 9.38. The summed E-state index contributed by atoms with van der Waals surface area (Å²) < 4.78 is 5.59.